The molecule has 0 spiro atoms. The Labute approximate surface area is 165 Å². The zero-order valence-electron chi connectivity index (χ0n) is 13.9. The molecule has 0 aliphatic heterocycles. The van der Waals surface area contributed by atoms with Crippen molar-refractivity contribution in [2.24, 2.45) is 0 Å². The molecule has 0 saturated carbocycles. The Morgan fingerprint density at radius 1 is 0.538 bits per heavy atom. The van der Waals surface area contributed by atoms with Crippen LogP contribution in [-0.2, 0) is 0 Å². The molecule has 0 aliphatic carbocycles. The Morgan fingerprint density at radius 3 is 2.08 bits per heavy atom. The Kier molecular flexibility index (Phi) is 3.79. The molecule has 0 unspecified atom stereocenters. The molecule has 1 aromatic heterocycles. The Bertz CT molecular complexity index is 1240. The average molecular weight is 446 g/mol. The molecule has 0 radical (unpaired) electrons. The van der Waals surface area contributed by atoms with Crippen molar-refractivity contribution in [2.45, 2.75) is 0 Å². The number of benzene rings is 4. The summed E-state index contributed by atoms with van der Waals surface area (Å²) < 4.78 is 7.33. The van der Waals surface area contributed by atoms with E-state index in [4.69, 9.17) is 4.42 Å². The minimum absolute atomic E-state index is 0.934. The van der Waals surface area contributed by atoms with E-state index in [1.165, 1.54) is 36.6 Å². The molecule has 0 N–H and O–H groups in total. The molecular formula is C24H15IO. The summed E-state index contributed by atoms with van der Waals surface area (Å²) in [7, 11) is 0. The molecule has 0 saturated heterocycles. The van der Waals surface area contributed by atoms with Crippen LogP contribution < -0.4 is 0 Å². The van der Waals surface area contributed by atoms with Crippen molar-refractivity contribution in [3.8, 4) is 22.3 Å². The lowest BCUT2D eigenvalue weighted by atomic mass is 9.96. The summed E-state index contributed by atoms with van der Waals surface area (Å²) in [5, 5.41) is 2.35. The summed E-state index contributed by atoms with van der Waals surface area (Å²) in [4.78, 5) is 0. The lowest BCUT2D eigenvalue weighted by Gasteiger charge is -2.11. The number of fused-ring (bicyclic) bond motifs is 3. The van der Waals surface area contributed by atoms with Gasteiger partial charge in [-0.05, 0) is 57.0 Å². The van der Waals surface area contributed by atoms with Crippen molar-refractivity contribution in [1.29, 1.82) is 0 Å². The van der Waals surface area contributed by atoms with E-state index < -0.39 is 0 Å². The molecule has 5 rings (SSSR count). The van der Waals surface area contributed by atoms with Gasteiger partial charge >= 0.3 is 0 Å². The maximum absolute atomic E-state index is 6.07. The second-order valence-corrected chi connectivity index (χ2v) is 7.39. The number of hydrogen-bond acceptors (Lipinski definition) is 1. The highest BCUT2D eigenvalue weighted by molar-refractivity contribution is 14.1. The van der Waals surface area contributed by atoms with Gasteiger partial charge in [0.25, 0.3) is 0 Å². The predicted molar refractivity (Wildman–Crippen MR) is 117 cm³/mol. The number of furan rings is 1. The first-order valence-electron chi connectivity index (χ1n) is 8.57. The fourth-order valence-electron chi connectivity index (χ4n) is 3.58. The Balaban J connectivity index is 1.82. The SMILES string of the molecule is Ic1c(-c2ccccc2)cccc1-c1cccc2oc3ccccc3c12. The van der Waals surface area contributed by atoms with E-state index in [0.29, 0.717) is 0 Å². The van der Waals surface area contributed by atoms with E-state index >= 15 is 0 Å². The highest BCUT2D eigenvalue weighted by Crippen LogP contribution is 2.40. The Morgan fingerprint density at radius 2 is 1.19 bits per heavy atom. The van der Waals surface area contributed by atoms with Crippen LogP contribution >= 0.6 is 22.6 Å². The maximum atomic E-state index is 6.07. The molecule has 2 heteroatoms. The van der Waals surface area contributed by atoms with Gasteiger partial charge in [0.05, 0.1) is 0 Å². The molecule has 4 aromatic carbocycles. The van der Waals surface area contributed by atoms with Crippen LogP contribution in [0.1, 0.15) is 0 Å². The third-order valence-electron chi connectivity index (χ3n) is 4.78. The van der Waals surface area contributed by atoms with Gasteiger partial charge < -0.3 is 4.42 Å². The first-order chi connectivity index (χ1) is 12.8. The fourth-order valence-corrected chi connectivity index (χ4v) is 4.54. The molecule has 0 amide bonds. The molecule has 0 fully saturated rings. The van der Waals surface area contributed by atoms with Gasteiger partial charge in [0, 0.05) is 14.3 Å². The molecule has 1 nitrogen and oxygen atoms in total. The van der Waals surface area contributed by atoms with Crippen LogP contribution in [0.15, 0.2) is 95.4 Å². The molecule has 26 heavy (non-hydrogen) atoms. The molecule has 124 valence electrons. The van der Waals surface area contributed by atoms with Crippen molar-refractivity contribution in [2.75, 3.05) is 0 Å². The second kappa shape index (κ2) is 6.29. The number of halogens is 1. The van der Waals surface area contributed by atoms with Gasteiger partial charge in [-0.25, -0.2) is 0 Å². The first-order valence-corrected chi connectivity index (χ1v) is 9.65. The lowest BCUT2D eigenvalue weighted by molar-refractivity contribution is 0.669. The standard InChI is InChI=1S/C24H15IO/c25-24-17(16-8-2-1-3-9-16)11-6-13-19(24)18-12-7-15-22-23(18)20-10-4-5-14-21(20)26-22/h1-15H. The summed E-state index contributed by atoms with van der Waals surface area (Å²) >= 11 is 2.47. The average Bonchev–Trinajstić information content (AvgIpc) is 3.08. The smallest absolute Gasteiger partial charge is 0.136 e. The monoisotopic (exact) mass is 446 g/mol. The predicted octanol–water partition coefficient (Wildman–Crippen LogP) is 7.52. The summed E-state index contributed by atoms with van der Waals surface area (Å²) in [5.41, 5.74) is 6.82. The summed E-state index contributed by atoms with van der Waals surface area (Å²) in [6.07, 6.45) is 0. The highest BCUT2D eigenvalue weighted by Gasteiger charge is 2.15. The van der Waals surface area contributed by atoms with E-state index in [1.54, 1.807) is 0 Å². The van der Waals surface area contributed by atoms with Crippen LogP contribution in [0.25, 0.3) is 44.2 Å². The zero-order valence-corrected chi connectivity index (χ0v) is 16.1. The first kappa shape index (κ1) is 15.6. The third-order valence-corrected chi connectivity index (χ3v) is 5.94. The van der Waals surface area contributed by atoms with E-state index in [2.05, 4.69) is 95.4 Å². The van der Waals surface area contributed by atoms with Crippen LogP contribution in [0.3, 0.4) is 0 Å². The molecule has 0 bridgehead atoms. The maximum Gasteiger partial charge on any atom is 0.136 e. The van der Waals surface area contributed by atoms with E-state index in [9.17, 15) is 0 Å². The van der Waals surface area contributed by atoms with Crippen LogP contribution in [0.4, 0.5) is 0 Å². The van der Waals surface area contributed by atoms with Crippen molar-refractivity contribution >= 4 is 44.5 Å². The number of hydrogen-bond donors (Lipinski definition) is 0. The summed E-state index contributed by atoms with van der Waals surface area (Å²) in [6.45, 7) is 0. The second-order valence-electron chi connectivity index (χ2n) is 6.31. The van der Waals surface area contributed by atoms with Gasteiger partial charge in [-0.3, -0.25) is 0 Å². The van der Waals surface area contributed by atoms with E-state index in [-0.39, 0.29) is 0 Å². The topological polar surface area (TPSA) is 13.1 Å². The van der Waals surface area contributed by atoms with Gasteiger partial charge in [0.2, 0.25) is 0 Å². The number of para-hydroxylation sites is 1. The summed E-state index contributed by atoms with van der Waals surface area (Å²) in [5.74, 6) is 0. The van der Waals surface area contributed by atoms with Crippen LogP contribution in [0, 0.1) is 3.57 Å². The van der Waals surface area contributed by atoms with Crippen LogP contribution in [0.2, 0.25) is 0 Å². The van der Waals surface area contributed by atoms with Crippen LogP contribution in [-0.4, -0.2) is 0 Å². The van der Waals surface area contributed by atoms with E-state index in [1.807, 2.05) is 18.2 Å². The van der Waals surface area contributed by atoms with Gasteiger partial charge in [-0.2, -0.15) is 0 Å². The fraction of sp³-hybridized carbons (Fsp3) is 0. The normalized spacial score (nSPS) is 11.3. The minimum atomic E-state index is 0.934. The number of rotatable bonds is 2. The molecule has 0 atom stereocenters. The zero-order chi connectivity index (χ0) is 17.5. The third kappa shape index (κ3) is 2.44. The quantitative estimate of drug-likeness (QED) is 0.256. The van der Waals surface area contributed by atoms with Crippen molar-refractivity contribution in [3.63, 3.8) is 0 Å². The highest BCUT2D eigenvalue weighted by atomic mass is 127. The van der Waals surface area contributed by atoms with E-state index in [0.717, 1.165) is 11.2 Å². The van der Waals surface area contributed by atoms with Crippen molar-refractivity contribution < 1.29 is 4.42 Å². The largest absolute Gasteiger partial charge is 0.456 e. The van der Waals surface area contributed by atoms with Crippen molar-refractivity contribution in [1.82, 2.24) is 0 Å². The Hall–Kier alpha value is -2.59. The lowest BCUT2D eigenvalue weighted by Crippen LogP contribution is -1.88. The molecule has 0 aliphatic rings. The van der Waals surface area contributed by atoms with Gasteiger partial charge in [-0.1, -0.05) is 78.9 Å². The molecular weight excluding hydrogens is 431 g/mol. The van der Waals surface area contributed by atoms with Crippen LogP contribution in [0.5, 0.6) is 0 Å². The van der Waals surface area contributed by atoms with Gasteiger partial charge in [-0.15, -0.1) is 0 Å². The van der Waals surface area contributed by atoms with Crippen molar-refractivity contribution in [3.05, 3.63) is 94.6 Å². The summed E-state index contributed by atoms with van der Waals surface area (Å²) in [6, 6.07) is 31.6. The molecule has 1 heterocycles. The minimum Gasteiger partial charge on any atom is -0.456 e. The van der Waals surface area contributed by atoms with Gasteiger partial charge in [0.15, 0.2) is 0 Å². The van der Waals surface area contributed by atoms with Gasteiger partial charge in [0.1, 0.15) is 11.2 Å². The molecule has 5 aromatic rings.